The number of hydrogen-bond donors (Lipinski definition) is 0. The van der Waals surface area contributed by atoms with Gasteiger partial charge in [0.05, 0.1) is 31.0 Å². The lowest BCUT2D eigenvalue weighted by Gasteiger charge is -2.33. The average Bonchev–Trinajstić information content (AvgIpc) is 3.11. The van der Waals surface area contributed by atoms with Crippen LogP contribution < -0.4 is 0 Å². The van der Waals surface area contributed by atoms with Crippen molar-refractivity contribution in [2.24, 2.45) is 23.2 Å². The van der Waals surface area contributed by atoms with E-state index in [1.165, 1.54) is 0 Å². The van der Waals surface area contributed by atoms with Crippen LogP contribution in [0.4, 0.5) is 0 Å². The van der Waals surface area contributed by atoms with E-state index in [0.717, 1.165) is 25.7 Å². The van der Waals surface area contributed by atoms with Crippen molar-refractivity contribution in [2.45, 2.75) is 71.4 Å². The Morgan fingerprint density at radius 2 is 2.12 bits per heavy atom. The van der Waals surface area contributed by atoms with Gasteiger partial charge in [-0.1, -0.05) is 0 Å². The van der Waals surface area contributed by atoms with Crippen molar-refractivity contribution >= 4 is 5.97 Å². The predicted octanol–water partition coefficient (Wildman–Crippen LogP) is 3.05. The fourth-order valence-corrected chi connectivity index (χ4v) is 4.51. The third-order valence-corrected chi connectivity index (χ3v) is 5.79. The van der Waals surface area contributed by atoms with Crippen molar-refractivity contribution < 1.29 is 23.7 Å². The van der Waals surface area contributed by atoms with E-state index in [9.17, 15) is 10.1 Å². The van der Waals surface area contributed by atoms with Crippen LogP contribution >= 0.6 is 0 Å². The van der Waals surface area contributed by atoms with E-state index in [0.29, 0.717) is 13.2 Å². The number of esters is 1. The van der Waals surface area contributed by atoms with E-state index in [-0.39, 0.29) is 42.4 Å². The molecule has 2 unspecified atom stereocenters. The van der Waals surface area contributed by atoms with Gasteiger partial charge in [0.15, 0.2) is 11.7 Å². The van der Waals surface area contributed by atoms with Crippen molar-refractivity contribution in [2.75, 3.05) is 19.8 Å². The van der Waals surface area contributed by atoms with Gasteiger partial charge in [0.1, 0.15) is 0 Å². The molecule has 0 amide bonds. The molecule has 2 saturated carbocycles. The highest BCUT2D eigenvalue weighted by molar-refractivity contribution is 5.85. The molecule has 0 spiro atoms. The molecule has 1 aliphatic heterocycles. The molecule has 0 bridgehead atoms. The lowest BCUT2D eigenvalue weighted by molar-refractivity contribution is -0.208. The quantitative estimate of drug-likeness (QED) is 0.673. The molecule has 0 aromatic rings. The average molecular weight is 365 g/mol. The smallest absolute Gasteiger partial charge is 0.327 e. The summed E-state index contributed by atoms with van der Waals surface area (Å²) in [6, 6.07) is 2.26. The molecule has 146 valence electrons. The molecule has 0 radical (unpaired) electrons. The van der Waals surface area contributed by atoms with Crippen LogP contribution in [0.2, 0.25) is 0 Å². The number of carbonyl (C=O) groups is 1. The Balaban J connectivity index is 1.73. The third kappa shape index (κ3) is 3.62. The summed E-state index contributed by atoms with van der Waals surface area (Å²) >= 11 is 0. The Bertz CT molecular complexity index is 560. The molecule has 0 N–H and O–H groups in total. The van der Waals surface area contributed by atoms with E-state index in [2.05, 4.69) is 6.07 Å². The van der Waals surface area contributed by atoms with Gasteiger partial charge in [-0.3, -0.25) is 4.79 Å². The number of nitriles is 1. The molecule has 1 saturated heterocycles. The van der Waals surface area contributed by atoms with Gasteiger partial charge in [0.2, 0.25) is 0 Å². The number of ether oxygens (including phenoxy) is 4. The third-order valence-electron chi connectivity index (χ3n) is 5.79. The minimum atomic E-state index is -1.05. The number of nitrogens with zero attached hydrogens (tertiary/aromatic N) is 1. The molecule has 3 fully saturated rings. The summed E-state index contributed by atoms with van der Waals surface area (Å²) in [4.78, 5) is 12.5. The lowest BCUT2D eigenvalue weighted by Crippen LogP contribution is -2.39. The maximum atomic E-state index is 12.5. The van der Waals surface area contributed by atoms with Crippen molar-refractivity contribution in [1.29, 1.82) is 5.26 Å². The maximum Gasteiger partial charge on any atom is 0.327 e. The first-order valence-corrected chi connectivity index (χ1v) is 9.83. The molecule has 3 aliphatic rings. The van der Waals surface area contributed by atoms with E-state index >= 15 is 0 Å². The number of hydrogen-bond acceptors (Lipinski definition) is 6. The number of fused-ring (bicyclic) bond motifs is 1. The molecular formula is C20H31NO5. The highest BCUT2D eigenvalue weighted by Gasteiger charge is 2.78. The van der Waals surface area contributed by atoms with E-state index in [1.54, 1.807) is 6.92 Å². The molecule has 6 heteroatoms. The zero-order valence-corrected chi connectivity index (χ0v) is 16.3. The van der Waals surface area contributed by atoms with Crippen LogP contribution in [0.1, 0.15) is 53.4 Å². The zero-order chi connectivity index (χ0) is 18.9. The minimum Gasteiger partial charge on any atom is -0.465 e. The van der Waals surface area contributed by atoms with Crippen LogP contribution in [-0.2, 0) is 23.7 Å². The first-order chi connectivity index (χ1) is 12.3. The van der Waals surface area contributed by atoms with Gasteiger partial charge >= 0.3 is 5.97 Å². The van der Waals surface area contributed by atoms with E-state index in [1.807, 2.05) is 20.8 Å². The Labute approximate surface area is 156 Å². The van der Waals surface area contributed by atoms with Crippen LogP contribution in [0.5, 0.6) is 0 Å². The van der Waals surface area contributed by atoms with Crippen molar-refractivity contribution in [1.82, 2.24) is 0 Å². The minimum absolute atomic E-state index is 0.00583. The monoisotopic (exact) mass is 365 g/mol. The second-order valence-corrected chi connectivity index (χ2v) is 8.65. The molecule has 6 atom stereocenters. The molecule has 6 nitrogen and oxygen atoms in total. The standard InChI is InChI=1S/C20H31NO5/c1-5-23-18(22)20(12-21)14-10-13(11-25-19(2,3)4)17(16(14)20)26-15-8-6-7-9-24-15/h13-17H,5-11H2,1-4H3/t13-,14-,15?,16-,17-,20?/m1/s1. The largest absolute Gasteiger partial charge is 0.465 e. The molecule has 3 rings (SSSR count). The summed E-state index contributed by atoms with van der Waals surface area (Å²) in [6.45, 7) is 9.41. The summed E-state index contributed by atoms with van der Waals surface area (Å²) in [7, 11) is 0. The van der Waals surface area contributed by atoms with Gasteiger partial charge in [-0.05, 0) is 59.3 Å². The van der Waals surface area contributed by atoms with Gasteiger partial charge in [-0.2, -0.15) is 5.26 Å². The second kappa shape index (κ2) is 7.46. The van der Waals surface area contributed by atoms with Crippen LogP contribution in [0.25, 0.3) is 0 Å². The van der Waals surface area contributed by atoms with Crippen molar-refractivity contribution in [3.05, 3.63) is 0 Å². The van der Waals surface area contributed by atoms with Gasteiger partial charge in [0.25, 0.3) is 0 Å². The highest BCUT2D eigenvalue weighted by Crippen LogP contribution is 2.69. The predicted molar refractivity (Wildman–Crippen MR) is 93.9 cm³/mol. The van der Waals surface area contributed by atoms with Crippen LogP contribution in [0, 0.1) is 34.5 Å². The van der Waals surface area contributed by atoms with E-state index in [4.69, 9.17) is 18.9 Å². The summed E-state index contributed by atoms with van der Waals surface area (Å²) in [5, 5.41) is 9.76. The molecular weight excluding hydrogens is 334 g/mol. The summed E-state index contributed by atoms with van der Waals surface area (Å²) in [6.07, 6.45) is 3.30. The molecule has 0 aromatic heterocycles. The normalized spacial score (nSPS) is 39.1. The molecule has 0 aromatic carbocycles. The van der Waals surface area contributed by atoms with E-state index < -0.39 is 11.4 Å². The summed E-state index contributed by atoms with van der Waals surface area (Å²) in [5.74, 6) is -0.351. The number of rotatable bonds is 6. The lowest BCUT2D eigenvalue weighted by atomic mass is 9.89. The van der Waals surface area contributed by atoms with Gasteiger partial charge in [-0.15, -0.1) is 0 Å². The Morgan fingerprint density at radius 1 is 1.35 bits per heavy atom. The first-order valence-electron chi connectivity index (χ1n) is 9.83. The highest BCUT2D eigenvalue weighted by atomic mass is 16.7. The fourth-order valence-electron chi connectivity index (χ4n) is 4.51. The maximum absolute atomic E-state index is 12.5. The fraction of sp³-hybridized carbons (Fsp3) is 0.900. The Kier molecular flexibility index (Phi) is 5.62. The Morgan fingerprint density at radius 3 is 2.69 bits per heavy atom. The first kappa shape index (κ1) is 19.6. The van der Waals surface area contributed by atoms with Crippen LogP contribution in [-0.4, -0.2) is 43.8 Å². The molecule has 2 aliphatic carbocycles. The summed E-state index contributed by atoms with van der Waals surface area (Å²) in [5.41, 5.74) is -1.28. The van der Waals surface area contributed by atoms with Gasteiger partial charge < -0.3 is 18.9 Å². The second-order valence-electron chi connectivity index (χ2n) is 8.65. The van der Waals surface area contributed by atoms with Gasteiger partial charge in [0, 0.05) is 18.4 Å². The number of carbonyl (C=O) groups excluding carboxylic acids is 1. The van der Waals surface area contributed by atoms with Crippen LogP contribution in [0.3, 0.4) is 0 Å². The van der Waals surface area contributed by atoms with Crippen LogP contribution in [0.15, 0.2) is 0 Å². The molecule has 26 heavy (non-hydrogen) atoms. The SMILES string of the molecule is CCOC(=O)C1(C#N)[C@H]2[C@H](OC3CCCCO3)[C@@H](COC(C)(C)C)C[C@H]21. The van der Waals surface area contributed by atoms with Crippen molar-refractivity contribution in [3.63, 3.8) is 0 Å². The summed E-state index contributed by atoms with van der Waals surface area (Å²) < 4.78 is 23.3. The molecule has 1 heterocycles. The Hall–Kier alpha value is -1.16. The topological polar surface area (TPSA) is 77.8 Å². The van der Waals surface area contributed by atoms with Crippen molar-refractivity contribution in [3.8, 4) is 6.07 Å². The van der Waals surface area contributed by atoms with Gasteiger partial charge in [-0.25, -0.2) is 0 Å². The zero-order valence-electron chi connectivity index (χ0n) is 16.3.